The van der Waals surface area contributed by atoms with Crippen LogP contribution in [0.25, 0.3) is 0 Å². The number of halogens is 1. The van der Waals surface area contributed by atoms with Gasteiger partial charge >= 0.3 is 0 Å². The quantitative estimate of drug-likeness (QED) is 0.600. The number of aliphatic imine (C=N–C) groups is 1. The van der Waals surface area contributed by atoms with Gasteiger partial charge in [0.15, 0.2) is 17.5 Å². The Morgan fingerprint density at radius 1 is 1.40 bits per heavy atom. The number of guanidine groups is 1. The van der Waals surface area contributed by atoms with Crippen LogP contribution in [0, 0.1) is 0 Å². The topological polar surface area (TPSA) is 68.9 Å². The van der Waals surface area contributed by atoms with Gasteiger partial charge in [0.2, 0.25) is 0 Å². The summed E-state index contributed by atoms with van der Waals surface area (Å²) < 4.78 is 10.7. The first-order valence-electron chi connectivity index (χ1n) is 6.65. The maximum Gasteiger partial charge on any atom is 0.188 e. The fraction of sp³-hybridized carbons (Fsp3) is 0.500. The molecule has 0 saturated heterocycles. The van der Waals surface area contributed by atoms with Crippen molar-refractivity contribution in [2.75, 3.05) is 20.3 Å². The van der Waals surface area contributed by atoms with E-state index >= 15 is 0 Å². The van der Waals surface area contributed by atoms with E-state index in [4.69, 9.17) is 26.8 Å². The molecule has 0 unspecified atom stereocenters. The molecule has 0 radical (unpaired) electrons. The summed E-state index contributed by atoms with van der Waals surface area (Å²) in [4.78, 5) is 4.25. The van der Waals surface area contributed by atoms with Crippen molar-refractivity contribution >= 4 is 17.6 Å². The molecule has 0 saturated carbocycles. The van der Waals surface area contributed by atoms with Crippen molar-refractivity contribution in [2.24, 2.45) is 10.7 Å². The lowest BCUT2D eigenvalue weighted by atomic mass is 10.2. The number of hydrogen-bond donors (Lipinski definition) is 2. The van der Waals surface area contributed by atoms with E-state index in [9.17, 15) is 0 Å². The minimum Gasteiger partial charge on any atom is -0.493 e. The summed E-state index contributed by atoms with van der Waals surface area (Å²) in [7, 11) is 1.58. The third-order valence-corrected chi connectivity index (χ3v) is 2.85. The zero-order valence-corrected chi connectivity index (χ0v) is 13.0. The third-order valence-electron chi connectivity index (χ3n) is 2.57. The summed E-state index contributed by atoms with van der Waals surface area (Å²) in [5, 5.41) is 3.53. The third kappa shape index (κ3) is 4.81. The molecule has 1 rings (SSSR count). The number of hydrogen-bond acceptors (Lipinski definition) is 3. The van der Waals surface area contributed by atoms with Crippen LogP contribution in [0.15, 0.2) is 17.1 Å². The molecular weight excluding hydrogens is 278 g/mol. The lowest BCUT2D eigenvalue weighted by Gasteiger charge is -2.12. The van der Waals surface area contributed by atoms with Crippen molar-refractivity contribution in [3.05, 3.63) is 22.7 Å². The summed E-state index contributed by atoms with van der Waals surface area (Å²) in [6, 6.07) is 3.67. The monoisotopic (exact) mass is 299 g/mol. The Balaban J connectivity index is 2.84. The molecule has 1 aromatic rings. The van der Waals surface area contributed by atoms with E-state index < -0.39 is 0 Å². The first kappa shape index (κ1) is 16.4. The Morgan fingerprint density at radius 2 is 2.15 bits per heavy atom. The van der Waals surface area contributed by atoms with Crippen LogP contribution in [0.3, 0.4) is 0 Å². The minimum atomic E-state index is 0.427. The fourth-order valence-corrected chi connectivity index (χ4v) is 1.92. The highest BCUT2D eigenvalue weighted by molar-refractivity contribution is 6.32. The highest BCUT2D eigenvalue weighted by Gasteiger charge is 2.11. The smallest absolute Gasteiger partial charge is 0.188 e. The lowest BCUT2D eigenvalue weighted by Crippen LogP contribution is -2.32. The number of rotatable bonds is 7. The number of benzene rings is 1. The standard InChI is InChI=1S/C14H22ClN3O2/c1-4-6-17-14(16)18-9-10-7-11(15)13(20-5-2)12(8-10)19-3/h7-8H,4-6,9H2,1-3H3,(H3,16,17,18). The summed E-state index contributed by atoms with van der Waals surface area (Å²) in [5.74, 6) is 1.59. The largest absolute Gasteiger partial charge is 0.493 e. The van der Waals surface area contributed by atoms with Crippen LogP contribution in [-0.2, 0) is 6.54 Å². The molecule has 5 nitrogen and oxygen atoms in total. The molecule has 0 atom stereocenters. The average molecular weight is 300 g/mol. The van der Waals surface area contributed by atoms with Crippen LogP contribution in [0.1, 0.15) is 25.8 Å². The van der Waals surface area contributed by atoms with E-state index in [1.807, 2.05) is 19.1 Å². The van der Waals surface area contributed by atoms with Gasteiger partial charge in [-0.2, -0.15) is 0 Å². The van der Waals surface area contributed by atoms with Crippen LogP contribution in [0.2, 0.25) is 5.02 Å². The van der Waals surface area contributed by atoms with Crippen LogP contribution < -0.4 is 20.5 Å². The predicted octanol–water partition coefficient (Wildman–Crippen LogP) is 2.56. The molecule has 0 bridgehead atoms. The Labute approximate surface area is 125 Å². The second-order valence-corrected chi connectivity index (χ2v) is 4.58. The molecule has 1 aromatic carbocycles. The normalized spacial score (nSPS) is 11.3. The van der Waals surface area contributed by atoms with Crippen molar-refractivity contribution in [1.82, 2.24) is 5.32 Å². The van der Waals surface area contributed by atoms with Crippen LogP contribution in [0.5, 0.6) is 11.5 Å². The van der Waals surface area contributed by atoms with Crippen LogP contribution >= 0.6 is 11.6 Å². The molecular formula is C14H22ClN3O2. The molecule has 0 aromatic heterocycles. The van der Waals surface area contributed by atoms with Gasteiger partial charge in [-0.15, -0.1) is 0 Å². The van der Waals surface area contributed by atoms with E-state index in [0.717, 1.165) is 18.5 Å². The van der Waals surface area contributed by atoms with E-state index in [1.54, 1.807) is 7.11 Å². The maximum absolute atomic E-state index is 6.19. The maximum atomic E-state index is 6.19. The van der Waals surface area contributed by atoms with Crippen LogP contribution in [0.4, 0.5) is 0 Å². The molecule has 112 valence electrons. The van der Waals surface area contributed by atoms with Gasteiger partial charge in [-0.25, -0.2) is 4.99 Å². The molecule has 0 amide bonds. The van der Waals surface area contributed by atoms with Crippen molar-refractivity contribution in [2.45, 2.75) is 26.8 Å². The number of nitrogens with zero attached hydrogens (tertiary/aromatic N) is 1. The predicted molar refractivity (Wildman–Crippen MR) is 82.8 cm³/mol. The molecule has 6 heteroatoms. The second kappa shape index (κ2) is 8.53. The highest BCUT2D eigenvalue weighted by atomic mass is 35.5. The Hall–Kier alpha value is -1.62. The van der Waals surface area contributed by atoms with Gasteiger partial charge in [0.25, 0.3) is 0 Å². The Kier molecular flexibility index (Phi) is 7.01. The first-order chi connectivity index (χ1) is 9.62. The zero-order chi connectivity index (χ0) is 15.0. The summed E-state index contributed by atoms with van der Waals surface area (Å²) in [6.07, 6.45) is 0.999. The number of nitrogens with one attached hydrogen (secondary N) is 1. The van der Waals surface area contributed by atoms with Crippen molar-refractivity contribution < 1.29 is 9.47 Å². The Bertz CT molecular complexity index is 464. The SMILES string of the molecule is CCCNC(N)=NCc1cc(Cl)c(OCC)c(OC)c1. The van der Waals surface area contributed by atoms with Gasteiger partial charge in [-0.05, 0) is 31.0 Å². The Morgan fingerprint density at radius 3 is 2.75 bits per heavy atom. The van der Waals surface area contributed by atoms with Gasteiger partial charge in [0.1, 0.15) is 0 Å². The minimum absolute atomic E-state index is 0.427. The van der Waals surface area contributed by atoms with E-state index in [0.29, 0.717) is 35.6 Å². The molecule has 3 N–H and O–H groups in total. The van der Waals surface area contributed by atoms with Crippen LogP contribution in [-0.4, -0.2) is 26.2 Å². The zero-order valence-electron chi connectivity index (χ0n) is 12.2. The summed E-state index contributed by atoms with van der Waals surface area (Å²) in [6.45, 7) is 5.74. The molecule has 20 heavy (non-hydrogen) atoms. The fourth-order valence-electron chi connectivity index (χ4n) is 1.63. The number of methoxy groups -OCH3 is 1. The number of nitrogens with two attached hydrogens (primary N) is 1. The average Bonchev–Trinajstić information content (AvgIpc) is 2.45. The molecule has 0 fully saturated rings. The van der Waals surface area contributed by atoms with Crippen molar-refractivity contribution in [3.8, 4) is 11.5 Å². The van der Waals surface area contributed by atoms with Gasteiger partial charge in [0.05, 0.1) is 25.3 Å². The van der Waals surface area contributed by atoms with Gasteiger partial charge in [-0.1, -0.05) is 18.5 Å². The van der Waals surface area contributed by atoms with E-state index in [-0.39, 0.29) is 0 Å². The summed E-state index contributed by atoms with van der Waals surface area (Å²) >= 11 is 6.19. The van der Waals surface area contributed by atoms with E-state index in [1.165, 1.54) is 0 Å². The van der Waals surface area contributed by atoms with Crippen molar-refractivity contribution in [3.63, 3.8) is 0 Å². The molecule has 0 aliphatic rings. The molecule has 0 aliphatic heterocycles. The molecule has 0 spiro atoms. The molecule has 0 heterocycles. The van der Waals surface area contributed by atoms with Gasteiger partial charge < -0.3 is 20.5 Å². The first-order valence-corrected chi connectivity index (χ1v) is 7.03. The molecule has 0 aliphatic carbocycles. The van der Waals surface area contributed by atoms with Crippen molar-refractivity contribution in [1.29, 1.82) is 0 Å². The second-order valence-electron chi connectivity index (χ2n) is 4.17. The number of ether oxygens (including phenoxy) is 2. The lowest BCUT2D eigenvalue weighted by molar-refractivity contribution is 0.311. The van der Waals surface area contributed by atoms with Gasteiger partial charge in [0, 0.05) is 6.54 Å². The van der Waals surface area contributed by atoms with E-state index in [2.05, 4.69) is 17.2 Å². The highest BCUT2D eigenvalue weighted by Crippen LogP contribution is 2.36. The van der Waals surface area contributed by atoms with Gasteiger partial charge in [-0.3, -0.25) is 0 Å². The summed E-state index contributed by atoms with van der Waals surface area (Å²) in [5.41, 5.74) is 6.66.